The van der Waals surface area contributed by atoms with Crippen molar-refractivity contribution in [3.63, 3.8) is 0 Å². The van der Waals surface area contributed by atoms with Gasteiger partial charge in [-0.15, -0.1) is 0 Å². The van der Waals surface area contributed by atoms with Gasteiger partial charge in [-0.05, 0) is 23.7 Å². The molecule has 0 fully saturated rings. The molecule has 0 saturated carbocycles. The summed E-state index contributed by atoms with van der Waals surface area (Å²) in [7, 11) is 0. The van der Waals surface area contributed by atoms with E-state index in [1.54, 1.807) is 0 Å². The highest BCUT2D eigenvalue weighted by atomic mass is 19.4. The van der Waals surface area contributed by atoms with Gasteiger partial charge in [0.15, 0.2) is 0 Å². The number of hydrogen-bond donors (Lipinski definition) is 0. The smallest absolute Gasteiger partial charge is 0.207 e. The molecule has 0 heterocycles. The third kappa shape index (κ3) is 6.89. The minimum Gasteiger partial charge on any atom is -0.207 e. The molecule has 0 aliphatic carbocycles. The molecule has 0 spiro atoms. The number of alkyl halides is 15. The minimum atomic E-state index is -5.90. The molecule has 0 aromatic heterocycles. The van der Waals surface area contributed by atoms with E-state index in [9.17, 15) is 70.2 Å². The molecular weight excluding hydrogens is 610 g/mol. The second kappa shape index (κ2) is 10.1. The quantitative estimate of drug-likeness (QED) is 0.210. The van der Waals surface area contributed by atoms with Crippen LogP contribution in [0.25, 0.3) is 0 Å². The Morgan fingerprint density at radius 1 is 0.415 bits per heavy atom. The Labute approximate surface area is 217 Å². The lowest BCUT2D eigenvalue weighted by atomic mass is 9.36. The van der Waals surface area contributed by atoms with E-state index < -0.39 is 106 Å². The highest BCUT2D eigenvalue weighted by molar-refractivity contribution is 6.95. The summed E-state index contributed by atoms with van der Waals surface area (Å²) in [5.74, 6) is -5.03. The summed E-state index contributed by atoms with van der Waals surface area (Å²) in [6.07, 6.45) is -28.4. The Bertz CT molecular complexity index is 1300. The largest absolute Gasteiger partial charge is 0.422 e. The SMILES string of the molecule is Fc1ccc(B(c2cc(C(F)(F)F)cc(C(F)(F)F)c2)c2cc(C(F)(F)F)cc(C(F)(F)F)c2)c(F)c1C(F)(F)F. The van der Waals surface area contributed by atoms with E-state index in [1.807, 2.05) is 0 Å². The van der Waals surface area contributed by atoms with Crippen LogP contribution < -0.4 is 16.4 Å². The lowest BCUT2D eigenvalue weighted by molar-refractivity contribution is -0.144. The normalized spacial score (nSPS) is 13.5. The lowest BCUT2D eigenvalue weighted by Crippen LogP contribution is -2.54. The average Bonchev–Trinajstić information content (AvgIpc) is 2.77. The molecular formula is C23H8BF17. The molecule has 0 aliphatic rings. The van der Waals surface area contributed by atoms with Crippen molar-refractivity contribution >= 4 is 23.1 Å². The second-order valence-electron chi connectivity index (χ2n) is 8.43. The number of benzene rings is 3. The first kappa shape index (κ1) is 32.1. The number of rotatable bonds is 3. The van der Waals surface area contributed by atoms with Crippen molar-refractivity contribution in [1.82, 2.24) is 0 Å². The van der Waals surface area contributed by atoms with E-state index in [4.69, 9.17) is 0 Å². The lowest BCUT2D eigenvalue weighted by Gasteiger charge is -2.23. The molecule has 0 atom stereocenters. The standard InChI is InChI=1S/C23H8BF17/c25-16-2-1-15(18(26)17(16)23(39,40)41)24(13-5-9(19(27,28)29)3-10(6-13)20(30,31)32)14-7-11(21(33,34)35)4-12(8-14)22(36,37)38/h1-8H. The summed E-state index contributed by atoms with van der Waals surface area (Å²) in [5, 5.41) is 0. The van der Waals surface area contributed by atoms with Crippen molar-refractivity contribution in [3.05, 3.63) is 88.0 Å². The van der Waals surface area contributed by atoms with E-state index in [0.29, 0.717) is 0 Å². The van der Waals surface area contributed by atoms with Gasteiger partial charge in [-0.2, -0.15) is 65.9 Å². The van der Waals surface area contributed by atoms with Crippen LogP contribution in [0, 0.1) is 11.6 Å². The summed E-state index contributed by atoms with van der Waals surface area (Å²) in [6, 6.07) is -1.96. The van der Waals surface area contributed by atoms with Crippen molar-refractivity contribution in [1.29, 1.82) is 0 Å². The van der Waals surface area contributed by atoms with Crippen LogP contribution in [0.1, 0.15) is 27.8 Å². The molecule has 0 radical (unpaired) electrons. The predicted molar refractivity (Wildman–Crippen MR) is 109 cm³/mol. The van der Waals surface area contributed by atoms with E-state index in [0.717, 1.165) is 0 Å². The fraction of sp³-hybridized carbons (Fsp3) is 0.217. The maximum Gasteiger partial charge on any atom is 0.422 e. The van der Waals surface area contributed by atoms with Gasteiger partial charge in [-0.25, -0.2) is 8.78 Å². The van der Waals surface area contributed by atoms with E-state index in [2.05, 4.69) is 0 Å². The molecule has 0 amide bonds. The van der Waals surface area contributed by atoms with Crippen LogP contribution in [-0.4, -0.2) is 6.71 Å². The number of halogens is 17. The maximum absolute atomic E-state index is 15.1. The summed E-state index contributed by atoms with van der Waals surface area (Å²) in [5.41, 5.74) is -16.1. The fourth-order valence-electron chi connectivity index (χ4n) is 3.89. The molecule has 0 unspecified atom stereocenters. The zero-order valence-electron chi connectivity index (χ0n) is 19.1. The van der Waals surface area contributed by atoms with Crippen LogP contribution in [0.3, 0.4) is 0 Å². The Morgan fingerprint density at radius 3 is 1.00 bits per heavy atom. The van der Waals surface area contributed by atoms with E-state index >= 15 is 4.39 Å². The first-order chi connectivity index (χ1) is 18.3. The Hall–Kier alpha value is -3.47. The van der Waals surface area contributed by atoms with Gasteiger partial charge in [0, 0.05) is 0 Å². The van der Waals surface area contributed by atoms with Gasteiger partial charge in [-0.1, -0.05) is 41.3 Å². The molecule has 0 aliphatic heterocycles. The van der Waals surface area contributed by atoms with Crippen molar-refractivity contribution in [2.24, 2.45) is 0 Å². The molecule has 3 aromatic rings. The third-order valence-electron chi connectivity index (χ3n) is 5.60. The van der Waals surface area contributed by atoms with Gasteiger partial charge < -0.3 is 0 Å². The summed E-state index contributed by atoms with van der Waals surface area (Å²) < 4.78 is 231. The van der Waals surface area contributed by atoms with Crippen LogP contribution in [0.2, 0.25) is 0 Å². The summed E-state index contributed by atoms with van der Waals surface area (Å²) in [6.45, 7) is -2.90. The van der Waals surface area contributed by atoms with Crippen molar-refractivity contribution < 1.29 is 74.6 Å². The zero-order valence-corrected chi connectivity index (χ0v) is 19.1. The van der Waals surface area contributed by atoms with Crippen LogP contribution in [0.15, 0.2) is 48.5 Å². The molecule has 18 heteroatoms. The van der Waals surface area contributed by atoms with Crippen molar-refractivity contribution in [3.8, 4) is 0 Å². The molecule has 0 nitrogen and oxygen atoms in total. The Kier molecular flexibility index (Phi) is 7.91. The molecule has 41 heavy (non-hydrogen) atoms. The van der Waals surface area contributed by atoms with Gasteiger partial charge in [0.2, 0.25) is 6.71 Å². The summed E-state index contributed by atoms with van der Waals surface area (Å²) >= 11 is 0. The molecule has 0 saturated heterocycles. The maximum atomic E-state index is 15.1. The van der Waals surface area contributed by atoms with Gasteiger partial charge in [0.1, 0.15) is 17.2 Å². The highest BCUT2D eigenvalue weighted by Gasteiger charge is 2.44. The molecule has 0 N–H and O–H groups in total. The van der Waals surface area contributed by atoms with Gasteiger partial charge in [0.05, 0.1) is 22.3 Å². The van der Waals surface area contributed by atoms with Crippen LogP contribution in [0.4, 0.5) is 74.6 Å². The zero-order chi connectivity index (χ0) is 31.5. The highest BCUT2D eigenvalue weighted by Crippen LogP contribution is 2.37. The second-order valence-corrected chi connectivity index (χ2v) is 8.43. The average molecular weight is 618 g/mol. The van der Waals surface area contributed by atoms with Crippen LogP contribution >= 0.6 is 0 Å². The fourth-order valence-corrected chi connectivity index (χ4v) is 3.89. The van der Waals surface area contributed by atoms with Crippen LogP contribution in [-0.2, 0) is 30.9 Å². The van der Waals surface area contributed by atoms with Gasteiger partial charge >= 0.3 is 30.9 Å². The molecule has 3 aromatic carbocycles. The van der Waals surface area contributed by atoms with E-state index in [-0.39, 0.29) is 36.4 Å². The van der Waals surface area contributed by atoms with Gasteiger partial charge in [0.25, 0.3) is 0 Å². The third-order valence-corrected chi connectivity index (χ3v) is 5.60. The minimum absolute atomic E-state index is 0.0472. The molecule has 0 bridgehead atoms. The Morgan fingerprint density at radius 2 is 0.732 bits per heavy atom. The van der Waals surface area contributed by atoms with E-state index in [1.165, 1.54) is 0 Å². The van der Waals surface area contributed by atoms with Crippen molar-refractivity contribution in [2.75, 3.05) is 0 Å². The number of hydrogen-bond acceptors (Lipinski definition) is 0. The monoisotopic (exact) mass is 618 g/mol. The predicted octanol–water partition coefficient (Wildman–Crippen LogP) is 7.58. The van der Waals surface area contributed by atoms with Gasteiger partial charge in [-0.3, -0.25) is 0 Å². The molecule has 222 valence electrons. The summed E-state index contributed by atoms with van der Waals surface area (Å²) in [4.78, 5) is 0. The first-order valence-electron chi connectivity index (χ1n) is 10.5. The van der Waals surface area contributed by atoms with Crippen molar-refractivity contribution in [2.45, 2.75) is 30.9 Å². The Balaban J connectivity index is 2.57. The molecule has 3 rings (SSSR count). The first-order valence-corrected chi connectivity index (χ1v) is 10.5. The van der Waals surface area contributed by atoms with Crippen LogP contribution in [0.5, 0.6) is 0 Å². The topological polar surface area (TPSA) is 0 Å².